The van der Waals surface area contributed by atoms with Crippen molar-refractivity contribution in [2.24, 2.45) is 7.05 Å². The summed E-state index contributed by atoms with van der Waals surface area (Å²) in [5.74, 6) is -1.87. The van der Waals surface area contributed by atoms with E-state index < -0.39 is 32.0 Å². The predicted molar refractivity (Wildman–Crippen MR) is 110 cm³/mol. The molecule has 3 N–H and O–H groups in total. The third-order valence-electron chi connectivity index (χ3n) is 4.74. The highest BCUT2D eigenvalue weighted by Crippen LogP contribution is 2.47. The molecule has 1 aliphatic carbocycles. The first-order chi connectivity index (χ1) is 13.1. The number of nitrogens with one attached hydrogen (secondary N) is 2. The lowest BCUT2D eigenvalue weighted by atomic mass is 10.3. The lowest BCUT2D eigenvalue weighted by molar-refractivity contribution is 0.283. The Labute approximate surface area is 174 Å². The van der Waals surface area contributed by atoms with E-state index in [9.17, 15) is 22.0 Å². The SMILES string of the molecule is Cn1c(Nc2ccc(I)cc2F)c(NS(=O)(=O)C2(CCO)CC2)cc(F)c1=O. The second-order valence-electron chi connectivity index (χ2n) is 6.63. The molecule has 3 rings (SSSR count). The first-order valence-electron chi connectivity index (χ1n) is 8.35. The fraction of sp³-hybridized carbons (Fsp3) is 0.353. The monoisotopic (exact) mass is 525 g/mol. The molecule has 0 bridgehead atoms. The lowest BCUT2D eigenvalue weighted by Gasteiger charge is -2.21. The zero-order valence-corrected chi connectivity index (χ0v) is 17.8. The number of anilines is 3. The Morgan fingerprint density at radius 1 is 1.21 bits per heavy atom. The van der Waals surface area contributed by atoms with Crippen LogP contribution >= 0.6 is 22.6 Å². The third-order valence-corrected chi connectivity index (χ3v) is 7.66. The molecule has 0 aliphatic heterocycles. The molecule has 1 fully saturated rings. The number of pyridine rings is 1. The summed E-state index contributed by atoms with van der Waals surface area (Å²) >= 11 is 1.93. The van der Waals surface area contributed by atoms with Gasteiger partial charge >= 0.3 is 0 Å². The van der Waals surface area contributed by atoms with Crippen molar-refractivity contribution in [3.8, 4) is 0 Å². The number of halogens is 3. The first-order valence-corrected chi connectivity index (χ1v) is 10.9. The fourth-order valence-electron chi connectivity index (χ4n) is 2.90. The summed E-state index contributed by atoms with van der Waals surface area (Å²) in [4.78, 5) is 12.0. The number of aliphatic hydroxyl groups excluding tert-OH is 1. The summed E-state index contributed by atoms with van der Waals surface area (Å²) in [6.07, 6.45) is 0.780. The van der Waals surface area contributed by atoms with E-state index in [1.54, 1.807) is 6.07 Å². The Bertz CT molecular complexity index is 1080. The van der Waals surface area contributed by atoms with Gasteiger partial charge in [-0.25, -0.2) is 17.2 Å². The predicted octanol–water partition coefficient (Wildman–Crippen LogP) is 2.67. The number of hydrogen-bond acceptors (Lipinski definition) is 5. The van der Waals surface area contributed by atoms with Crippen LogP contribution in [0.5, 0.6) is 0 Å². The zero-order chi connectivity index (χ0) is 20.7. The Hall–Kier alpha value is -1.73. The average Bonchev–Trinajstić information content (AvgIpc) is 3.40. The maximum atomic E-state index is 14.2. The van der Waals surface area contributed by atoms with E-state index in [-0.39, 0.29) is 30.2 Å². The van der Waals surface area contributed by atoms with Crippen molar-refractivity contribution in [3.05, 3.63) is 49.8 Å². The molecule has 0 atom stereocenters. The van der Waals surface area contributed by atoms with Gasteiger partial charge in [-0.1, -0.05) is 0 Å². The minimum atomic E-state index is -3.97. The van der Waals surface area contributed by atoms with Crippen LogP contribution < -0.4 is 15.6 Å². The summed E-state index contributed by atoms with van der Waals surface area (Å²) in [6, 6.07) is 5.08. The molecule has 1 heterocycles. The summed E-state index contributed by atoms with van der Waals surface area (Å²) in [7, 11) is -2.72. The second-order valence-corrected chi connectivity index (χ2v) is 9.95. The standard InChI is InChI=1S/C17H18F2IN3O4S/c1-23-15(21-13-3-2-10(20)8-11(13)18)14(9-12(19)16(23)25)22-28(26,27)17(4-5-17)6-7-24/h2-3,8-9,21-22,24H,4-7H2,1H3. The minimum Gasteiger partial charge on any atom is -0.396 e. The topological polar surface area (TPSA) is 100 Å². The minimum absolute atomic E-state index is 0.000958. The summed E-state index contributed by atoms with van der Waals surface area (Å²) in [6.45, 7) is -0.304. The molecule has 1 aromatic heterocycles. The highest BCUT2D eigenvalue weighted by molar-refractivity contribution is 14.1. The molecule has 1 aromatic carbocycles. The van der Waals surface area contributed by atoms with Gasteiger partial charge in [0.05, 0.1) is 16.1 Å². The van der Waals surface area contributed by atoms with E-state index in [2.05, 4.69) is 10.0 Å². The molecule has 0 radical (unpaired) electrons. The molecule has 152 valence electrons. The average molecular weight is 525 g/mol. The Morgan fingerprint density at radius 3 is 2.46 bits per heavy atom. The van der Waals surface area contributed by atoms with Crippen LogP contribution in [0.4, 0.5) is 26.0 Å². The van der Waals surface area contributed by atoms with Crippen molar-refractivity contribution in [2.45, 2.75) is 24.0 Å². The van der Waals surface area contributed by atoms with Crippen LogP contribution in [0, 0.1) is 15.2 Å². The van der Waals surface area contributed by atoms with E-state index >= 15 is 0 Å². The summed E-state index contributed by atoms with van der Waals surface area (Å²) < 4.78 is 56.5. The van der Waals surface area contributed by atoms with E-state index in [4.69, 9.17) is 5.11 Å². The van der Waals surface area contributed by atoms with Crippen molar-refractivity contribution in [2.75, 3.05) is 16.6 Å². The van der Waals surface area contributed by atoms with Gasteiger partial charge in [0.15, 0.2) is 5.82 Å². The molecule has 1 saturated carbocycles. The molecule has 1 aliphatic rings. The molecule has 0 unspecified atom stereocenters. The number of hydrogen-bond donors (Lipinski definition) is 3. The molecular weight excluding hydrogens is 507 g/mol. The fourth-order valence-corrected chi connectivity index (χ4v) is 5.01. The van der Waals surface area contributed by atoms with Gasteiger partial charge in [-0.05, 0) is 60.1 Å². The Morgan fingerprint density at radius 2 is 1.89 bits per heavy atom. The quantitative estimate of drug-likeness (QED) is 0.483. The largest absolute Gasteiger partial charge is 0.396 e. The first kappa shape index (κ1) is 21.0. The van der Waals surface area contributed by atoms with E-state index in [0.29, 0.717) is 16.4 Å². The molecule has 11 heteroatoms. The van der Waals surface area contributed by atoms with Crippen molar-refractivity contribution in [1.82, 2.24) is 4.57 Å². The van der Waals surface area contributed by atoms with Crippen molar-refractivity contribution >= 4 is 49.8 Å². The van der Waals surface area contributed by atoms with Gasteiger partial charge in [0, 0.05) is 23.3 Å². The molecule has 28 heavy (non-hydrogen) atoms. The van der Waals surface area contributed by atoms with Crippen molar-refractivity contribution < 1.29 is 22.3 Å². The molecule has 0 saturated heterocycles. The molecule has 0 spiro atoms. The Kier molecular flexibility index (Phi) is 5.69. The number of aliphatic hydroxyl groups is 1. The van der Waals surface area contributed by atoms with Crippen molar-refractivity contribution in [1.29, 1.82) is 0 Å². The molecular formula is C17H18F2IN3O4S. The highest BCUT2D eigenvalue weighted by atomic mass is 127. The molecule has 7 nitrogen and oxygen atoms in total. The van der Waals surface area contributed by atoms with Crippen LogP contribution in [0.1, 0.15) is 19.3 Å². The molecule has 2 aromatic rings. The van der Waals surface area contributed by atoms with Gasteiger partial charge < -0.3 is 10.4 Å². The third kappa shape index (κ3) is 3.87. The lowest BCUT2D eigenvalue weighted by Crippen LogP contribution is -2.32. The van der Waals surface area contributed by atoms with Crippen LogP contribution in [0.15, 0.2) is 29.1 Å². The van der Waals surface area contributed by atoms with Gasteiger partial charge in [-0.2, -0.15) is 0 Å². The number of aromatic nitrogens is 1. The van der Waals surface area contributed by atoms with E-state index in [0.717, 1.165) is 10.6 Å². The van der Waals surface area contributed by atoms with Gasteiger partial charge in [0.2, 0.25) is 10.0 Å². The summed E-state index contributed by atoms with van der Waals surface area (Å²) in [5, 5.41) is 11.8. The number of nitrogens with zero attached hydrogens (tertiary/aromatic N) is 1. The zero-order valence-electron chi connectivity index (χ0n) is 14.8. The van der Waals surface area contributed by atoms with Gasteiger partial charge in [-0.3, -0.25) is 14.1 Å². The van der Waals surface area contributed by atoms with Crippen LogP contribution in [0.2, 0.25) is 0 Å². The summed E-state index contributed by atoms with van der Waals surface area (Å²) in [5.41, 5.74) is -1.21. The van der Waals surface area contributed by atoms with Crippen LogP contribution in [0.3, 0.4) is 0 Å². The number of sulfonamides is 1. The number of rotatable bonds is 7. The van der Waals surface area contributed by atoms with Crippen molar-refractivity contribution in [3.63, 3.8) is 0 Å². The van der Waals surface area contributed by atoms with Crippen LogP contribution in [-0.2, 0) is 17.1 Å². The normalized spacial score (nSPS) is 15.3. The maximum Gasteiger partial charge on any atom is 0.287 e. The maximum absolute atomic E-state index is 14.2. The van der Waals surface area contributed by atoms with Gasteiger partial charge in [0.1, 0.15) is 11.6 Å². The highest BCUT2D eigenvalue weighted by Gasteiger charge is 2.54. The van der Waals surface area contributed by atoms with Crippen LogP contribution in [0.25, 0.3) is 0 Å². The smallest absolute Gasteiger partial charge is 0.287 e. The molecule has 0 amide bonds. The van der Waals surface area contributed by atoms with E-state index in [1.165, 1.54) is 19.2 Å². The van der Waals surface area contributed by atoms with Gasteiger partial charge in [0.25, 0.3) is 5.56 Å². The number of benzene rings is 1. The van der Waals surface area contributed by atoms with Crippen LogP contribution in [-0.4, -0.2) is 29.4 Å². The van der Waals surface area contributed by atoms with Gasteiger partial charge in [-0.15, -0.1) is 0 Å². The van der Waals surface area contributed by atoms with E-state index in [1.807, 2.05) is 22.6 Å². The Balaban J connectivity index is 2.05. The second kappa shape index (κ2) is 7.59.